The second-order valence-corrected chi connectivity index (χ2v) is 5.13. The summed E-state index contributed by atoms with van der Waals surface area (Å²) in [6, 6.07) is 12.1. The topological polar surface area (TPSA) is 70.2 Å². The summed E-state index contributed by atoms with van der Waals surface area (Å²) in [5, 5.41) is 8.11. The van der Waals surface area contributed by atoms with Crippen LogP contribution in [-0.2, 0) is 4.79 Å². The summed E-state index contributed by atoms with van der Waals surface area (Å²) in [7, 11) is 0. The third kappa shape index (κ3) is 5.10. The molecule has 3 amide bonds. The maximum absolute atomic E-state index is 12.9. The van der Waals surface area contributed by atoms with E-state index in [4.69, 9.17) is 0 Å². The first kappa shape index (κ1) is 16.5. The van der Waals surface area contributed by atoms with Crippen LogP contribution in [0.25, 0.3) is 0 Å². The number of halogens is 1. The molecular weight excluding hydrogens is 297 g/mol. The van der Waals surface area contributed by atoms with Crippen LogP contribution in [0.3, 0.4) is 0 Å². The zero-order valence-electron chi connectivity index (χ0n) is 12.9. The van der Waals surface area contributed by atoms with Crippen LogP contribution in [0, 0.1) is 5.82 Å². The van der Waals surface area contributed by atoms with Crippen molar-refractivity contribution in [1.82, 2.24) is 5.32 Å². The third-order valence-electron chi connectivity index (χ3n) is 3.18. The molecule has 0 spiro atoms. The van der Waals surface area contributed by atoms with E-state index in [0.29, 0.717) is 11.4 Å². The number of hydrogen-bond donors (Lipinski definition) is 3. The van der Waals surface area contributed by atoms with Crippen molar-refractivity contribution in [3.05, 3.63) is 59.9 Å². The molecule has 2 rings (SSSR count). The van der Waals surface area contributed by atoms with Gasteiger partial charge in [-0.05, 0) is 48.9 Å². The zero-order valence-corrected chi connectivity index (χ0v) is 12.9. The first-order valence-electron chi connectivity index (χ1n) is 7.14. The fourth-order valence-electron chi connectivity index (χ4n) is 2.04. The summed E-state index contributed by atoms with van der Waals surface area (Å²) >= 11 is 0. The third-order valence-corrected chi connectivity index (χ3v) is 3.18. The van der Waals surface area contributed by atoms with E-state index in [1.54, 1.807) is 36.4 Å². The van der Waals surface area contributed by atoms with Crippen molar-refractivity contribution >= 4 is 23.3 Å². The lowest BCUT2D eigenvalue weighted by atomic mass is 10.1. The minimum Gasteiger partial charge on any atom is -0.331 e. The van der Waals surface area contributed by atoms with Crippen LogP contribution in [0.15, 0.2) is 48.5 Å². The van der Waals surface area contributed by atoms with Crippen LogP contribution in [-0.4, -0.2) is 11.9 Å². The van der Waals surface area contributed by atoms with Crippen molar-refractivity contribution in [2.24, 2.45) is 0 Å². The van der Waals surface area contributed by atoms with Crippen LogP contribution in [0.4, 0.5) is 20.6 Å². The molecule has 0 aliphatic rings. The van der Waals surface area contributed by atoms with E-state index in [1.807, 2.05) is 6.92 Å². The Morgan fingerprint density at radius 3 is 1.96 bits per heavy atom. The molecule has 0 unspecified atom stereocenters. The summed E-state index contributed by atoms with van der Waals surface area (Å²) in [5.74, 6) is -0.471. The summed E-state index contributed by atoms with van der Waals surface area (Å²) in [5.41, 5.74) is 2.06. The molecule has 1 atom stereocenters. The fraction of sp³-hybridized carbons (Fsp3) is 0.176. The molecule has 0 heterocycles. The van der Waals surface area contributed by atoms with Crippen molar-refractivity contribution in [3.63, 3.8) is 0 Å². The molecule has 0 saturated heterocycles. The molecule has 2 aromatic carbocycles. The molecule has 0 bridgehead atoms. The van der Waals surface area contributed by atoms with Gasteiger partial charge in [0.05, 0.1) is 6.04 Å². The molecule has 0 aromatic heterocycles. The van der Waals surface area contributed by atoms with Gasteiger partial charge in [0.25, 0.3) is 0 Å². The number of urea groups is 1. The van der Waals surface area contributed by atoms with Crippen molar-refractivity contribution < 1.29 is 14.0 Å². The number of benzene rings is 2. The lowest BCUT2D eigenvalue weighted by Crippen LogP contribution is -2.31. The summed E-state index contributed by atoms with van der Waals surface area (Å²) in [4.78, 5) is 22.9. The van der Waals surface area contributed by atoms with Crippen LogP contribution >= 0.6 is 0 Å². The van der Waals surface area contributed by atoms with Crippen LogP contribution < -0.4 is 16.0 Å². The van der Waals surface area contributed by atoms with Gasteiger partial charge in [-0.15, -0.1) is 0 Å². The lowest BCUT2D eigenvalue weighted by molar-refractivity contribution is -0.114. The Kier molecular flexibility index (Phi) is 5.30. The number of carbonyl (C=O) groups excluding carboxylic acids is 2. The molecule has 0 saturated carbocycles. The van der Waals surface area contributed by atoms with Gasteiger partial charge in [-0.3, -0.25) is 4.79 Å². The monoisotopic (exact) mass is 315 g/mol. The average Bonchev–Trinajstić information content (AvgIpc) is 2.49. The highest BCUT2D eigenvalue weighted by Crippen LogP contribution is 2.15. The molecule has 0 radical (unpaired) electrons. The summed E-state index contributed by atoms with van der Waals surface area (Å²) in [6.07, 6.45) is 0. The van der Waals surface area contributed by atoms with Crippen LogP contribution in [0.1, 0.15) is 25.5 Å². The highest BCUT2D eigenvalue weighted by atomic mass is 19.1. The Morgan fingerprint density at radius 2 is 1.43 bits per heavy atom. The molecule has 3 N–H and O–H groups in total. The van der Waals surface area contributed by atoms with E-state index >= 15 is 0 Å². The number of anilines is 2. The van der Waals surface area contributed by atoms with E-state index in [0.717, 1.165) is 5.56 Å². The van der Waals surface area contributed by atoms with Gasteiger partial charge < -0.3 is 16.0 Å². The van der Waals surface area contributed by atoms with Crippen LogP contribution in [0.5, 0.6) is 0 Å². The molecule has 120 valence electrons. The van der Waals surface area contributed by atoms with E-state index in [-0.39, 0.29) is 23.8 Å². The Labute approximate surface area is 133 Å². The predicted molar refractivity (Wildman–Crippen MR) is 87.7 cm³/mol. The molecule has 6 heteroatoms. The minimum atomic E-state index is -0.367. The average molecular weight is 315 g/mol. The van der Waals surface area contributed by atoms with E-state index in [1.165, 1.54) is 19.1 Å². The van der Waals surface area contributed by atoms with Crippen molar-refractivity contribution in [2.45, 2.75) is 19.9 Å². The van der Waals surface area contributed by atoms with E-state index < -0.39 is 0 Å². The van der Waals surface area contributed by atoms with E-state index in [9.17, 15) is 14.0 Å². The number of nitrogens with one attached hydrogen (secondary N) is 3. The lowest BCUT2D eigenvalue weighted by Gasteiger charge is -2.15. The number of amides is 3. The van der Waals surface area contributed by atoms with Crippen molar-refractivity contribution in [1.29, 1.82) is 0 Å². The van der Waals surface area contributed by atoms with Gasteiger partial charge in [0, 0.05) is 18.3 Å². The second kappa shape index (κ2) is 7.40. The standard InChI is InChI=1S/C17H18FN3O2/c1-11(13-3-5-14(18)6-4-13)19-17(23)21-16-9-7-15(8-10-16)20-12(2)22/h3-11H,1-2H3,(H,20,22)(H2,19,21,23)/t11-/m0/s1. The predicted octanol–water partition coefficient (Wildman–Crippen LogP) is 3.67. The van der Waals surface area contributed by atoms with Crippen LogP contribution in [0.2, 0.25) is 0 Å². The number of carbonyl (C=O) groups is 2. The molecule has 0 aliphatic heterocycles. The highest BCUT2D eigenvalue weighted by Gasteiger charge is 2.09. The van der Waals surface area contributed by atoms with Gasteiger partial charge in [-0.25, -0.2) is 9.18 Å². The molecule has 2 aromatic rings. The van der Waals surface area contributed by atoms with E-state index in [2.05, 4.69) is 16.0 Å². The Hall–Kier alpha value is -2.89. The number of hydrogen-bond acceptors (Lipinski definition) is 2. The highest BCUT2D eigenvalue weighted by molar-refractivity contribution is 5.91. The maximum atomic E-state index is 12.9. The molecule has 0 aliphatic carbocycles. The van der Waals surface area contributed by atoms with Crippen molar-refractivity contribution in [2.75, 3.05) is 10.6 Å². The molecule has 5 nitrogen and oxygen atoms in total. The van der Waals surface area contributed by atoms with Crippen molar-refractivity contribution in [3.8, 4) is 0 Å². The SMILES string of the molecule is CC(=O)Nc1ccc(NC(=O)N[C@@H](C)c2ccc(F)cc2)cc1. The largest absolute Gasteiger partial charge is 0.331 e. The summed E-state index contributed by atoms with van der Waals surface area (Å²) < 4.78 is 12.9. The Bertz CT molecular complexity index is 684. The van der Waals surface area contributed by atoms with Gasteiger partial charge in [0.1, 0.15) is 5.82 Å². The molecule has 23 heavy (non-hydrogen) atoms. The first-order chi connectivity index (χ1) is 10.9. The summed E-state index contributed by atoms with van der Waals surface area (Å²) in [6.45, 7) is 3.24. The minimum absolute atomic E-state index is 0.156. The van der Waals surface area contributed by atoms with Gasteiger partial charge >= 0.3 is 6.03 Å². The number of rotatable bonds is 4. The zero-order chi connectivity index (χ0) is 16.8. The maximum Gasteiger partial charge on any atom is 0.319 e. The Balaban J connectivity index is 1.91. The first-order valence-corrected chi connectivity index (χ1v) is 7.14. The van der Waals surface area contributed by atoms with Gasteiger partial charge in [-0.2, -0.15) is 0 Å². The molecule has 0 fully saturated rings. The quantitative estimate of drug-likeness (QED) is 0.805. The van der Waals surface area contributed by atoms with Gasteiger partial charge in [-0.1, -0.05) is 12.1 Å². The second-order valence-electron chi connectivity index (χ2n) is 5.13. The van der Waals surface area contributed by atoms with Gasteiger partial charge in [0.2, 0.25) is 5.91 Å². The fourth-order valence-corrected chi connectivity index (χ4v) is 2.04. The smallest absolute Gasteiger partial charge is 0.319 e. The Morgan fingerprint density at radius 1 is 0.913 bits per heavy atom. The molecular formula is C17H18FN3O2. The van der Waals surface area contributed by atoms with Gasteiger partial charge in [0.15, 0.2) is 0 Å². The normalized spacial score (nSPS) is 11.4.